The Morgan fingerprint density at radius 3 is 2.93 bits per heavy atom. The van der Waals surface area contributed by atoms with E-state index in [1.54, 1.807) is 12.1 Å². The molecule has 1 aliphatic heterocycles. The summed E-state index contributed by atoms with van der Waals surface area (Å²) in [5.41, 5.74) is 7.98. The highest BCUT2D eigenvalue weighted by molar-refractivity contribution is 9.10. The Morgan fingerprint density at radius 2 is 2.29 bits per heavy atom. The van der Waals surface area contributed by atoms with E-state index in [1.165, 1.54) is 0 Å². The van der Waals surface area contributed by atoms with Gasteiger partial charge in [0.15, 0.2) is 0 Å². The van der Waals surface area contributed by atoms with Crippen molar-refractivity contribution in [1.82, 2.24) is 0 Å². The van der Waals surface area contributed by atoms with Gasteiger partial charge in [-0.1, -0.05) is 0 Å². The van der Waals surface area contributed by atoms with Gasteiger partial charge in [-0.25, -0.2) is 4.39 Å². The summed E-state index contributed by atoms with van der Waals surface area (Å²) in [6.07, 6.45) is 0.966. The van der Waals surface area contributed by atoms with E-state index in [-0.39, 0.29) is 17.3 Å². The fraction of sp³-hybridized carbons (Fsp3) is 0.400. The molecule has 1 aromatic rings. The second-order valence-corrected chi connectivity index (χ2v) is 4.99. The van der Waals surface area contributed by atoms with Crippen molar-refractivity contribution in [2.24, 2.45) is 5.73 Å². The van der Waals surface area contributed by atoms with Crippen molar-refractivity contribution in [2.75, 3.05) is 11.9 Å². The van der Waals surface area contributed by atoms with E-state index in [2.05, 4.69) is 21.2 Å². The van der Waals surface area contributed by atoms with Gasteiger partial charge >= 0.3 is 0 Å². The van der Waals surface area contributed by atoms with E-state index < -0.39 is 0 Å². The van der Waals surface area contributed by atoms with Crippen molar-refractivity contribution >= 4 is 21.6 Å². The Hall–Kier alpha value is -0.610. The highest BCUT2D eigenvalue weighted by atomic mass is 79.9. The number of halogens is 2. The summed E-state index contributed by atoms with van der Waals surface area (Å²) in [6.45, 7) is 0.847. The molecule has 1 aromatic carbocycles. The van der Waals surface area contributed by atoms with Gasteiger partial charge in [-0.3, -0.25) is 0 Å². The third kappa shape index (κ3) is 0.929. The Labute approximate surface area is 89.8 Å². The number of hydrogen-bond donors (Lipinski definition) is 2. The van der Waals surface area contributed by atoms with Gasteiger partial charge in [0.1, 0.15) is 5.82 Å². The first-order chi connectivity index (χ1) is 6.63. The minimum atomic E-state index is -0.203. The molecule has 14 heavy (non-hydrogen) atoms. The van der Waals surface area contributed by atoms with Crippen LogP contribution < -0.4 is 11.1 Å². The highest BCUT2D eigenvalue weighted by Gasteiger charge is 2.56. The predicted molar refractivity (Wildman–Crippen MR) is 56.9 cm³/mol. The second-order valence-electron chi connectivity index (χ2n) is 4.13. The molecule has 2 atom stereocenters. The first-order valence-corrected chi connectivity index (χ1v) is 5.42. The molecule has 3 rings (SSSR count). The number of benzene rings is 1. The molecular formula is C10H10BrFN2. The molecule has 0 amide bonds. The van der Waals surface area contributed by atoms with Crippen LogP contribution in [0.2, 0.25) is 0 Å². The van der Waals surface area contributed by atoms with Crippen molar-refractivity contribution < 1.29 is 4.39 Å². The molecule has 1 spiro atoms. The molecule has 1 fully saturated rings. The van der Waals surface area contributed by atoms with E-state index in [0.29, 0.717) is 4.47 Å². The largest absolute Gasteiger partial charge is 0.384 e. The number of rotatable bonds is 0. The van der Waals surface area contributed by atoms with Gasteiger partial charge < -0.3 is 11.1 Å². The lowest BCUT2D eigenvalue weighted by Gasteiger charge is -2.07. The molecular weight excluding hydrogens is 247 g/mol. The Balaban J connectivity index is 2.17. The maximum absolute atomic E-state index is 13.4. The van der Waals surface area contributed by atoms with Crippen LogP contribution in [0.15, 0.2) is 16.6 Å². The molecule has 1 aliphatic carbocycles. The number of hydrogen-bond acceptors (Lipinski definition) is 2. The van der Waals surface area contributed by atoms with E-state index in [9.17, 15) is 4.39 Å². The standard InChI is InChI=1S/C10H10BrFN2/c11-6-2-8-5(1-7(6)12)10(4-14-8)3-9(10)13/h1-2,9,14H,3-4,13H2. The topological polar surface area (TPSA) is 38.0 Å². The van der Waals surface area contributed by atoms with Crippen LogP contribution in [-0.2, 0) is 5.41 Å². The van der Waals surface area contributed by atoms with Gasteiger partial charge in [0.2, 0.25) is 0 Å². The third-order valence-electron chi connectivity index (χ3n) is 3.32. The van der Waals surface area contributed by atoms with Gasteiger partial charge in [0, 0.05) is 23.7 Å². The van der Waals surface area contributed by atoms with Gasteiger partial charge in [0.05, 0.1) is 4.47 Å². The molecule has 2 aliphatic rings. The fourth-order valence-electron chi connectivity index (χ4n) is 2.30. The summed E-state index contributed by atoms with van der Waals surface area (Å²) < 4.78 is 13.9. The smallest absolute Gasteiger partial charge is 0.137 e. The van der Waals surface area contributed by atoms with Crippen LogP contribution in [-0.4, -0.2) is 12.6 Å². The maximum atomic E-state index is 13.4. The molecule has 0 radical (unpaired) electrons. The van der Waals surface area contributed by atoms with Crippen LogP contribution in [0.25, 0.3) is 0 Å². The van der Waals surface area contributed by atoms with Gasteiger partial charge in [-0.05, 0) is 40.0 Å². The number of nitrogens with one attached hydrogen (secondary N) is 1. The van der Waals surface area contributed by atoms with Crippen molar-refractivity contribution in [3.63, 3.8) is 0 Å². The molecule has 2 nitrogen and oxygen atoms in total. The normalized spacial score (nSPS) is 32.9. The van der Waals surface area contributed by atoms with Crippen molar-refractivity contribution in [3.05, 3.63) is 28.0 Å². The molecule has 1 heterocycles. The SMILES string of the molecule is NC1CC12CNc1cc(Br)c(F)cc12. The van der Waals surface area contributed by atoms with Crippen LogP contribution in [0.5, 0.6) is 0 Å². The molecule has 4 heteroatoms. The minimum Gasteiger partial charge on any atom is -0.384 e. The van der Waals surface area contributed by atoms with Gasteiger partial charge in [-0.2, -0.15) is 0 Å². The average molecular weight is 257 g/mol. The summed E-state index contributed by atoms with van der Waals surface area (Å²) >= 11 is 3.18. The monoisotopic (exact) mass is 256 g/mol. The molecule has 0 aromatic heterocycles. The second kappa shape index (κ2) is 2.49. The maximum Gasteiger partial charge on any atom is 0.137 e. The zero-order valence-electron chi connectivity index (χ0n) is 7.48. The van der Waals surface area contributed by atoms with Crippen LogP contribution >= 0.6 is 15.9 Å². The first-order valence-electron chi connectivity index (χ1n) is 4.62. The van der Waals surface area contributed by atoms with Crippen LogP contribution in [0.4, 0.5) is 10.1 Å². The zero-order chi connectivity index (χ0) is 9.92. The molecule has 0 bridgehead atoms. The number of anilines is 1. The molecule has 1 saturated carbocycles. The van der Waals surface area contributed by atoms with Crippen molar-refractivity contribution in [1.29, 1.82) is 0 Å². The van der Waals surface area contributed by atoms with E-state index in [1.807, 2.05) is 0 Å². The summed E-state index contributed by atoms with van der Waals surface area (Å²) in [5, 5.41) is 3.27. The van der Waals surface area contributed by atoms with Crippen LogP contribution in [0.3, 0.4) is 0 Å². The lowest BCUT2D eigenvalue weighted by atomic mass is 9.97. The summed E-state index contributed by atoms with van der Waals surface area (Å²) in [7, 11) is 0. The van der Waals surface area contributed by atoms with Gasteiger partial charge in [-0.15, -0.1) is 0 Å². The van der Waals surface area contributed by atoms with E-state index in [4.69, 9.17) is 5.73 Å². The summed E-state index contributed by atoms with van der Waals surface area (Å²) in [5.74, 6) is -0.203. The Bertz CT molecular complexity index is 421. The van der Waals surface area contributed by atoms with E-state index >= 15 is 0 Å². The molecule has 2 unspecified atom stereocenters. The van der Waals surface area contributed by atoms with Crippen LogP contribution in [0, 0.1) is 5.82 Å². The number of nitrogens with two attached hydrogens (primary N) is 1. The lowest BCUT2D eigenvalue weighted by molar-refractivity contribution is 0.615. The summed E-state index contributed by atoms with van der Waals surface area (Å²) in [6, 6.07) is 3.59. The first kappa shape index (κ1) is 8.68. The van der Waals surface area contributed by atoms with E-state index in [0.717, 1.165) is 24.2 Å². The molecule has 3 N–H and O–H groups in total. The van der Waals surface area contributed by atoms with Crippen molar-refractivity contribution in [3.8, 4) is 0 Å². The molecule has 74 valence electrons. The Kier molecular flexibility index (Phi) is 1.55. The third-order valence-corrected chi connectivity index (χ3v) is 3.93. The quantitative estimate of drug-likeness (QED) is 0.745. The lowest BCUT2D eigenvalue weighted by Crippen LogP contribution is -2.20. The average Bonchev–Trinajstić information content (AvgIpc) is 2.67. The van der Waals surface area contributed by atoms with Crippen LogP contribution in [0.1, 0.15) is 12.0 Å². The minimum absolute atomic E-state index is 0.0247. The predicted octanol–water partition coefficient (Wildman–Crippen LogP) is 1.98. The number of fused-ring (bicyclic) bond motifs is 2. The summed E-state index contributed by atoms with van der Waals surface area (Å²) in [4.78, 5) is 0. The highest BCUT2D eigenvalue weighted by Crippen LogP contribution is 2.53. The van der Waals surface area contributed by atoms with Crippen molar-refractivity contribution in [2.45, 2.75) is 17.9 Å². The zero-order valence-corrected chi connectivity index (χ0v) is 9.07. The fourth-order valence-corrected chi connectivity index (χ4v) is 2.64. The Morgan fingerprint density at radius 1 is 1.57 bits per heavy atom. The molecule has 0 saturated heterocycles. The van der Waals surface area contributed by atoms with Gasteiger partial charge in [0.25, 0.3) is 0 Å².